The summed E-state index contributed by atoms with van der Waals surface area (Å²) < 4.78 is 41.5. The molecule has 158 valence electrons. The number of halogens is 4. The zero-order valence-electron chi connectivity index (χ0n) is 16.6. The largest absolute Gasteiger partial charge is 1.00 e. The number of hydrogen-bond acceptors (Lipinski definition) is 0. The van der Waals surface area contributed by atoms with Crippen molar-refractivity contribution in [1.82, 2.24) is 0 Å². The molecule has 0 spiro atoms. The molecule has 0 N–H and O–H groups in total. The molecule has 0 aliphatic heterocycles. The van der Waals surface area contributed by atoms with Gasteiger partial charge in [-0.2, -0.15) is 13.2 Å². The third-order valence-corrected chi connectivity index (χ3v) is 9.68. The van der Waals surface area contributed by atoms with Gasteiger partial charge in [0.15, 0.2) is 0 Å². The van der Waals surface area contributed by atoms with Crippen LogP contribution in [0.4, 0.5) is 13.2 Å². The molecule has 0 bridgehead atoms. The number of alkyl halides is 3. The highest BCUT2D eigenvalue weighted by Crippen LogP contribution is 2.59. The van der Waals surface area contributed by atoms with Crippen LogP contribution in [0.1, 0.15) is 11.1 Å². The second-order valence-corrected chi connectivity index (χ2v) is 10.6. The molecule has 4 aromatic rings. The van der Waals surface area contributed by atoms with E-state index < -0.39 is 19.0 Å². The number of rotatable bonds is 5. The minimum atomic E-state index is -4.39. The smallest absolute Gasteiger partial charge is 0.416 e. The molecule has 0 saturated heterocycles. The Balaban J connectivity index is 0.00000272. The number of benzene rings is 4. The maximum Gasteiger partial charge on any atom is 0.416 e. The first-order chi connectivity index (χ1) is 14.5. The number of hydrogen-bond donors (Lipinski definition) is 0. The van der Waals surface area contributed by atoms with Crippen molar-refractivity contribution in [3.63, 3.8) is 0 Å². The van der Waals surface area contributed by atoms with E-state index in [0.717, 1.165) is 15.9 Å². The van der Waals surface area contributed by atoms with Gasteiger partial charge >= 0.3 is 6.18 Å². The summed E-state index contributed by atoms with van der Waals surface area (Å²) in [6.07, 6.45) is -4.09. The van der Waals surface area contributed by atoms with Gasteiger partial charge in [0.2, 0.25) is 0 Å². The van der Waals surface area contributed by atoms with Crippen LogP contribution in [0.2, 0.25) is 0 Å². The standard InChI is InChI=1S/C26H21F3P.ClH/c27-26(28,29)25-19-11-10-12-21(25)20-30(22-13-4-1-5-14-22,23-15-6-2-7-16-23)24-17-8-3-9-18-24;/h1-19H,20H2;1H/q+1;/p-1. The fourth-order valence-corrected chi connectivity index (χ4v) is 8.23. The van der Waals surface area contributed by atoms with Crippen molar-refractivity contribution >= 4 is 23.2 Å². The molecule has 31 heavy (non-hydrogen) atoms. The molecule has 0 nitrogen and oxygen atoms in total. The zero-order chi connectivity index (χ0) is 21.0. The van der Waals surface area contributed by atoms with E-state index in [2.05, 4.69) is 0 Å². The summed E-state index contributed by atoms with van der Waals surface area (Å²) in [7, 11) is -2.37. The van der Waals surface area contributed by atoms with Crippen LogP contribution in [0.25, 0.3) is 0 Å². The Bertz CT molecular complexity index is 1000. The lowest BCUT2D eigenvalue weighted by Crippen LogP contribution is -3.00. The van der Waals surface area contributed by atoms with E-state index in [0.29, 0.717) is 11.7 Å². The first kappa shape index (κ1) is 23.1. The molecule has 0 atom stereocenters. The average Bonchev–Trinajstić information content (AvgIpc) is 2.79. The second kappa shape index (κ2) is 9.68. The van der Waals surface area contributed by atoms with Crippen molar-refractivity contribution in [3.05, 3.63) is 126 Å². The predicted molar refractivity (Wildman–Crippen MR) is 120 cm³/mol. The Morgan fingerprint density at radius 2 is 0.871 bits per heavy atom. The van der Waals surface area contributed by atoms with Gasteiger partial charge in [0.1, 0.15) is 23.2 Å². The summed E-state index contributed by atoms with van der Waals surface area (Å²) in [4.78, 5) is 0. The Labute approximate surface area is 187 Å². The lowest BCUT2D eigenvalue weighted by Gasteiger charge is -2.28. The average molecular weight is 457 g/mol. The van der Waals surface area contributed by atoms with Crippen LogP contribution in [0, 0.1) is 0 Å². The fourth-order valence-electron chi connectivity index (χ4n) is 3.96. The van der Waals surface area contributed by atoms with Crippen molar-refractivity contribution < 1.29 is 25.6 Å². The molecule has 0 saturated carbocycles. The molecule has 0 fully saturated rings. The monoisotopic (exact) mass is 456 g/mol. The summed E-state index contributed by atoms with van der Waals surface area (Å²) in [6, 6.07) is 35.8. The van der Waals surface area contributed by atoms with Gasteiger partial charge in [-0.25, -0.2) is 0 Å². The van der Waals surface area contributed by atoms with Gasteiger partial charge in [-0.05, 0) is 42.5 Å². The summed E-state index contributed by atoms with van der Waals surface area (Å²) in [6.45, 7) is 0. The lowest BCUT2D eigenvalue weighted by molar-refractivity contribution is -0.138. The van der Waals surface area contributed by atoms with Crippen molar-refractivity contribution in [1.29, 1.82) is 0 Å². The van der Waals surface area contributed by atoms with E-state index in [1.807, 2.05) is 91.0 Å². The topological polar surface area (TPSA) is 0 Å². The van der Waals surface area contributed by atoms with Crippen LogP contribution >= 0.6 is 7.26 Å². The van der Waals surface area contributed by atoms with Crippen LogP contribution in [0.5, 0.6) is 0 Å². The minimum Gasteiger partial charge on any atom is -1.00 e. The van der Waals surface area contributed by atoms with Crippen LogP contribution in [-0.4, -0.2) is 0 Å². The van der Waals surface area contributed by atoms with E-state index >= 15 is 0 Å². The highest BCUT2D eigenvalue weighted by Gasteiger charge is 2.47. The quantitative estimate of drug-likeness (QED) is 0.405. The highest BCUT2D eigenvalue weighted by molar-refractivity contribution is 7.95. The van der Waals surface area contributed by atoms with Crippen LogP contribution in [0.15, 0.2) is 115 Å². The summed E-state index contributed by atoms with van der Waals surface area (Å²) >= 11 is 0. The van der Waals surface area contributed by atoms with Gasteiger partial charge in [-0.15, -0.1) is 0 Å². The molecule has 0 aliphatic rings. The molecule has 0 aliphatic carbocycles. The van der Waals surface area contributed by atoms with Crippen molar-refractivity contribution in [2.75, 3.05) is 0 Å². The first-order valence-electron chi connectivity index (χ1n) is 9.72. The molecule has 5 heteroatoms. The Kier molecular flexibility index (Phi) is 7.20. The predicted octanol–water partition coefficient (Wildman–Crippen LogP) is 3.20. The lowest BCUT2D eigenvalue weighted by atomic mass is 10.1. The van der Waals surface area contributed by atoms with E-state index in [1.54, 1.807) is 12.1 Å². The van der Waals surface area contributed by atoms with Crippen molar-refractivity contribution in [2.45, 2.75) is 12.3 Å². The molecule has 0 radical (unpaired) electrons. The molecule has 4 aromatic carbocycles. The van der Waals surface area contributed by atoms with Crippen molar-refractivity contribution in [2.24, 2.45) is 0 Å². The Morgan fingerprint density at radius 1 is 0.516 bits per heavy atom. The summed E-state index contributed by atoms with van der Waals surface area (Å²) in [5.74, 6) is 0. The van der Waals surface area contributed by atoms with Crippen molar-refractivity contribution in [3.8, 4) is 0 Å². The maximum atomic E-state index is 13.8. The molecule has 0 aromatic heterocycles. The van der Waals surface area contributed by atoms with E-state index in [9.17, 15) is 13.2 Å². The molecular formula is C26H21ClF3P. The summed E-state index contributed by atoms with van der Waals surface area (Å²) in [5, 5.41) is 3.21. The molecule has 0 amide bonds. The SMILES string of the molecule is FC(F)(F)c1ccccc1C[P+](c1ccccc1)(c1ccccc1)c1ccccc1.[Cl-]. The van der Waals surface area contributed by atoms with E-state index in [-0.39, 0.29) is 12.4 Å². The highest BCUT2D eigenvalue weighted by atomic mass is 35.5. The van der Waals surface area contributed by atoms with E-state index in [1.165, 1.54) is 12.1 Å². The molecule has 0 unspecified atom stereocenters. The van der Waals surface area contributed by atoms with Crippen LogP contribution in [-0.2, 0) is 12.3 Å². The second-order valence-electron chi connectivity index (χ2n) is 7.13. The molecule has 4 rings (SSSR count). The normalized spacial score (nSPS) is 11.6. The third kappa shape index (κ3) is 4.69. The Hall–Kier alpha value is -2.61. The van der Waals surface area contributed by atoms with Gasteiger partial charge < -0.3 is 12.4 Å². The van der Waals surface area contributed by atoms with E-state index in [4.69, 9.17) is 0 Å². The van der Waals surface area contributed by atoms with Gasteiger partial charge in [0.05, 0.1) is 11.7 Å². The molecular weight excluding hydrogens is 436 g/mol. The maximum absolute atomic E-state index is 13.8. The van der Waals surface area contributed by atoms with Crippen LogP contribution < -0.4 is 28.3 Å². The van der Waals surface area contributed by atoms with Crippen LogP contribution in [0.3, 0.4) is 0 Å². The van der Waals surface area contributed by atoms with Gasteiger partial charge in [-0.1, -0.05) is 72.8 Å². The Morgan fingerprint density at radius 3 is 1.26 bits per heavy atom. The first-order valence-corrected chi connectivity index (χ1v) is 11.7. The fraction of sp³-hybridized carbons (Fsp3) is 0.0769. The van der Waals surface area contributed by atoms with Gasteiger partial charge in [-0.3, -0.25) is 0 Å². The molecule has 0 heterocycles. The minimum absolute atomic E-state index is 0. The zero-order valence-corrected chi connectivity index (χ0v) is 18.3. The third-order valence-electron chi connectivity index (χ3n) is 5.32. The summed E-state index contributed by atoms with van der Waals surface area (Å²) in [5.41, 5.74) is -0.230. The van der Waals surface area contributed by atoms with Gasteiger partial charge in [0.25, 0.3) is 0 Å². The van der Waals surface area contributed by atoms with Gasteiger partial charge in [0, 0.05) is 5.56 Å².